The molecule has 8 heteroatoms. The van der Waals surface area contributed by atoms with E-state index in [1.165, 1.54) is 0 Å². The second-order valence-electron chi connectivity index (χ2n) is 6.61. The average molecular weight is 385 g/mol. The second kappa shape index (κ2) is 10.9. The number of aliphatic imine (C=N–C) groups is 1. The summed E-state index contributed by atoms with van der Waals surface area (Å²) in [6.07, 6.45) is -1.26. The Morgan fingerprint density at radius 2 is 1.88 bits per heavy atom. The molecule has 1 aromatic carbocycles. The molecule has 0 fully saturated rings. The Hall–Kier alpha value is -1.99. The Kier molecular flexibility index (Phi) is 9.23. The first kappa shape index (κ1) is 22.1. The maximum atomic E-state index is 11.6. The lowest BCUT2D eigenvalue weighted by molar-refractivity contribution is 0.0529. The maximum Gasteiger partial charge on any atom is 0.407 e. The first-order chi connectivity index (χ1) is 12.2. The molecule has 0 aliphatic carbocycles. The molecule has 0 saturated heterocycles. The maximum absolute atomic E-state index is 11.6. The van der Waals surface area contributed by atoms with Crippen LogP contribution < -0.4 is 16.0 Å². The highest BCUT2D eigenvalue weighted by Gasteiger charge is 2.15. The van der Waals surface area contributed by atoms with E-state index in [9.17, 15) is 9.90 Å². The molecule has 0 aromatic heterocycles. The lowest BCUT2D eigenvalue weighted by Crippen LogP contribution is -2.42. The van der Waals surface area contributed by atoms with Crippen LogP contribution in [0.1, 0.15) is 39.4 Å². The van der Waals surface area contributed by atoms with Gasteiger partial charge in [-0.25, -0.2) is 4.79 Å². The van der Waals surface area contributed by atoms with E-state index >= 15 is 0 Å². The molecule has 0 bridgehead atoms. The summed E-state index contributed by atoms with van der Waals surface area (Å²) in [7, 11) is 0. The number of hydrogen-bond acceptors (Lipinski definition) is 4. The molecule has 26 heavy (non-hydrogen) atoms. The first-order valence-electron chi connectivity index (χ1n) is 8.64. The number of halogens is 1. The van der Waals surface area contributed by atoms with Gasteiger partial charge in [-0.3, -0.25) is 4.99 Å². The average Bonchev–Trinajstić information content (AvgIpc) is 2.55. The van der Waals surface area contributed by atoms with E-state index in [1.54, 1.807) is 12.1 Å². The van der Waals surface area contributed by atoms with Crippen LogP contribution in [0.4, 0.5) is 4.79 Å². The number of alkyl carbamates (subject to hydrolysis) is 1. The molecule has 4 N–H and O–H groups in total. The molecule has 0 heterocycles. The van der Waals surface area contributed by atoms with Crippen molar-refractivity contribution in [2.75, 3.05) is 26.2 Å². The molecular weight excluding hydrogens is 356 g/mol. The van der Waals surface area contributed by atoms with Gasteiger partial charge in [-0.1, -0.05) is 29.8 Å². The second-order valence-corrected chi connectivity index (χ2v) is 7.02. The number of carbonyl (C=O) groups excluding carboxylic acids is 1. The molecule has 1 rings (SSSR count). The van der Waals surface area contributed by atoms with E-state index in [0.717, 1.165) is 0 Å². The van der Waals surface area contributed by atoms with Crippen molar-refractivity contribution < 1.29 is 14.6 Å². The summed E-state index contributed by atoms with van der Waals surface area (Å²) >= 11 is 6.08. The fourth-order valence-electron chi connectivity index (χ4n) is 2.02. The number of rotatable bonds is 7. The predicted octanol–water partition coefficient (Wildman–Crippen LogP) is 2.45. The van der Waals surface area contributed by atoms with E-state index in [1.807, 2.05) is 39.8 Å². The number of guanidine groups is 1. The molecule has 0 radical (unpaired) electrons. The molecule has 0 saturated carbocycles. The van der Waals surface area contributed by atoms with Crippen molar-refractivity contribution in [3.63, 3.8) is 0 Å². The van der Waals surface area contributed by atoms with Crippen molar-refractivity contribution in [1.82, 2.24) is 16.0 Å². The molecule has 1 unspecified atom stereocenters. The number of carbonyl (C=O) groups is 1. The minimum Gasteiger partial charge on any atom is -0.444 e. The number of aliphatic hydroxyl groups excluding tert-OH is 1. The standard InChI is InChI=1S/C18H29ClN4O3/c1-5-20-16(21-10-11-22-17(25)26-18(2,3)4)23-12-15(24)13-8-6-7-9-14(13)19/h6-9,15,24H,5,10-12H2,1-4H3,(H,22,25)(H2,20,21,23). The highest BCUT2D eigenvalue weighted by atomic mass is 35.5. The SMILES string of the molecule is CCNC(=NCC(O)c1ccccc1Cl)NCCNC(=O)OC(C)(C)C. The quantitative estimate of drug-likeness (QED) is 0.329. The summed E-state index contributed by atoms with van der Waals surface area (Å²) in [5.74, 6) is 0.546. The van der Waals surface area contributed by atoms with Crippen molar-refractivity contribution in [3.8, 4) is 0 Å². The number of amides is 1. The lowest BCUT2D eigenvalue weighted by Gasteiger charge is -2.20. The van der Waals surface area contributed by atoms with Crippen LogP contribution in [0.3, 0.4) is 0 Å². The topological polar surface area (TPSA) is 95.0 Å². The van der Waals surface area contributed by atoms with Crippen LogP contribution >= 0.6 is 11.6 Å². The van der Waals surface area contributed by atoms with Crippen molar-refractivity contribution in [3.05, 3.63) is 34.9 Å². The van der Waals surface area contributed by atoms with Crippen LogP contribution in [0.5, 0.6) is 0 Å². The predicted molar refractivity (Wildman–Crippen MR) is 105 cm³/mol. The smallest absolute Gasteiger partial charge is 0.407 e. The van der Waals surface area contributed by atoms with Crippen LogP contribution in [0, 0.1) is 0 Å². The highest BCUT2D eigenvalue weighted by molar-refractivity contribution is 6.31. The van der Waals surface area contributed by atoms with Gasteiger partial charge in [-0.15, -0.1) is 0 Å². The van der Waals surface area contributed by atoms with Gasteiger partial charge in [-0.2, -0.15) is 0 Å². The summed E-state index contributed by atoms with van der Waals surface area (Å²) in [5, 5.41) is 19.6. The number of nitrogens with zero attached hydrogens (tertiary/aromatic N) is 1. The summed E-state index contributed by atoms with van der Waals surface area (Å²) in [6.45, 7) is 9.06. The number of hydrogen-bond donors (Lipinski definition) is 4. The molecule has 0 aliphatic rings. The van der Waals surface area contributed by atoms with E-state index in [-0.39, 0.29) is 6.54 Å². The Morgan fingerprint density at radius 1 is 1.23 bits per heavy atom. The van der Waals surface area contributed by atoms with Crippen molar-refractivity contribution in [2.45, 2.75) is 39.4 Å². The highest BCUT2D eigenvalue weighted by Crippen LogP contribution is 2.22. The van der Waals surface area contributed by atoms with Crippen molar-refractivity contribution >= 4 is 23.7 Å². The molecule has 1 aromatic rings. The van der Waals surface area contributed by atoms with Gasteiger partial charge in [0.25, 0.3) is 0 Å². The zero-order valence-corrected chi connectivity index (χ0v) is 16.6. The third-order valence-corrected chi connectivity index (χ3v) is 3.46. The number of benzene rings is 1. The largest absolute Gasteiger partial charge is 0.444 e. The van der Waals surface area contributed by atoms with Crippen LogP contribution in [0.25, 0.3) is 0 Å². The summed E-state index contributed by atoms with van der Waals surface area (Å²) < 4.78 is 5.16. The Morgan fingerprint density at radius 3 is 2.50 bits per heavy atom. The fraction of sp³-hybridized carbons (Fsp3) is 0.556. The Labute approximate surface area is 160 Å². The number of nitrogens with one attached hydrogen (secondary N) is 3. The van der Waals surface area contributed by atoms with E-state index in [0.29, 0.717) is 36.2 Å². The first-order valence-corrected chi connectivity index (χ1v) is 9.02. The Bertz CT molecular complexity index is 602. The molecule has 146 valence electrons. The Balaban J connectivity index is 2.46. The van der Waals surface area contributed by atoms with Gasteiger partial charge in [-0.05, 0) is 33.8 Å². The zero-order valence-electron chi connectivity index (χ0n) is 15.8. The summed E-state index contributed by atoms with van der Waals surface area (Å²) in [4.78, 5) is 15.9. The van der Waals surface area contributed by atoms with E-state index in [2.05, 4.69) is 20.9 Å². The third-order valence-electron chi connectivity index (χ3n) is 3.12. The minimum atomic E-state index is -0.793. The normalized spacial score (nSPS) is 13.1. The number of ether oxygens (including phenoxy) is 1. The van der Waals surface area contributed by atoms with Gasteiger partial charge in [0.05, 0.1) is 6.54 Å². The molecule has 0 spiro atoms. The number of aliphatic hydroxyl groups is 1. The van der Waals surface area contributed by atoms with Crippen molar-refractivity contribution in [1.29, 1.82) is 0 Å². The summed E-state index contributed by atoms with van der Waals surface area (Å²) in [5.41, 5.74) is 0.114. The molecule has 1 amide bonds. The third kappa shape index (κ3) is 8.92. The van der Waals surface area contributed by atoms with E-state index < -0.39 is 17.8 Å². The zero-order chi connectivity index (χ0) is 19.6. The van der Waals surface area contributed by atoms with Gasteiger partial charge in [0.15, 0.2) is 5.96 Å². The lowest BCUT2D eigenvalue weighted by atomic mass is 10.1. The van der Waals surface area contributed by atoms with E-state index in [4.69, 9.17) is 16.3 Å². The van der Waals surface area contributed by atoms with Crippen LogP contribution in [-0.4, -0.2) is 48.9 Å². The molecule has 1 atom stereocenters. The van der Waals surface area contributed by atoms with Crippen LogP contribution in [0.15, 0.2) is 29.3 Å². The van der Waals surface area contributed by atoms with Gasteiger partial charge in [0.1, 0.15) is 11.7 Å². The molecule has 0 aliphatic heterocycles. The monoisotopic (exact) mass is 384 g/mol. The van der Waals surface area contributed by atoms with Gasteiger partial charge < -0.3 is 25.8 Å². The summed E-state index contributed by atoms with van der Waals surface area (Å²) in [6, 6.07) is 7.13. The fourth-order valence-corrected chi connectivity index (χ4v) is 2.28. The molecule has 7 nitrogen and oxygen atoms in total. The minimum absolute atomic E-state index is 0.165. The molecular formula is C18H29ClN4O3. The van der Waals surface area contributed by atoms with Gasteiger partial charge in [0, 0.05) is 30.2 Å². The van der Waals surface area contributed by atoms with Gasteiger partial charge >= 0.3 is 6.09 Å². The van der Waals surface area contributed by atoms with Crippen LogP contribution in [0.2, 0.25) is 5.02 Å². The van der Waals surface area contributed by atoms with Crippen LogP contribution in [-0.2, 0) is 4.74 Å². The van der Waals surface area contributed by atoms with Crippen molar-refractivity contribution in [2.24, 2.45) is 4.99 Å². The van der Waals surface area contributed by atoms with Gasteiger partial charge in [0.2, 0.25) is 0 Å².